The van der Waals surface area contributed by atoms with Gasteiger partial charge in [-0.2, -0.15) is 0 Å². The number of aromatic nitrogens is 2. The van der Waals surface area contributed by atoms with Crippen molar-refractivity contribution in [2.75, 3.05) is 19.5 Å². The lowest BCUT2D eigenvalue weighted by atomic mass is 10.1. The summed E-state index contributed by atoms with van der Waals surface area (Å²) in [5.41, 5.74) is 1.28. The zero-order chi connectivity index (χ0) is 20.6. The van der Waals surface area contributed by atoms with Crippen molar-refractivity contribution < 1.29 is 14.3 Å². The van der Waals surface area contributed by atoms with Gasteiger partial charge in [-0.25, -0.2) is 9.97 Å². The topological polar surface area (TPSA) is 85.4 Å². The number of rotatable bonds is 7. The van der Waals surface area contributed by atoms with Gasteiger partial charge in [-0.15, -0.1) is 0 Å². The minimum absolute atomic E-state index is 0.228. The highest BCUT2D eigenvalue weighted by Gasteiger charge is 2.15. The van der Waals surface area contributed by atoms with E-state index in [0.29, 0.717) is 35.6 Å². The van der Waals surface area contributed by atoms with E-state index in [1.807, 2.05) is 25.1 Å². The van der Waals surface area contributed by atoms with E-state index in [0.717, 1.165) is 24.2 Å². The summed E-state index contributed by atoms with van der Waals surface area (Å²) in [6.45, 7) is 2.18. The first-order chi connectivity index (χ1) is 14.1. The summed E-state index contributed by atoms with van der Waals surface area (Å²) in [7, 11) is 3.18. The molecule has 0 radical (unpaired) electrons. The molecule has 1 saturated carbocycles. The molecule has 1 heterocycles. The Labute approximate surface area is 172 Å². The standard InChI is InChI=1S/C22H30N4O3/c1-15-24-18(13-21(25-15)26-17-8-6-4-5-7-9-17)22(27)23-14-16-10-11-19(28-2)20(12-16)29-3/h10-13,17H,4-9,14H2,1-3H3,(H,23,27)(H,24,25,26). The Morgan fingerprint density at radius 2 is 1.76 bits per heavy atom. The smallest absolute Gasteiger partial charge is 0.270 e. The van der Waals surface area contributed by atoms with Crippen molar-refractivity contribution in [2.24, 2.45) is 0 Å². The minimum Gasteiger partial charge on any atom is -0.493 e. The Bertz CT molecular complexity index is 833. The van der Waals surface area contributed by atoms with E-state index in [1.54, 1.807) is 20.3 Å². The Morgan fingerprint density at radius 1 is 1.03 bits per heavy atom. The lowest BCUT2D eigenvalue weighted by molar-refractivity contribution is 0.0945. The molecule has 29 heavy (non-hydrogen) atoms. The molecule has 2 aromatic rings. The number of anilines is 1. The van der Waals surface area contributed by atoms with Gasteiger partial charge in [0.05, 0.1) is 14.2 Å². The third kappa shape index (κ3) is 5.82. The summed E-state index contributed by atoms with van der Waals surface area (Å²) in [5.74, 6) is 2.37. The second-order valence-corrected chi connectivity index (χ2v) is 7.39. The summed E-state index contributed by atoms with van der Waals surface area (Å²) < 4.78 is 10.6. The van der Waals surface area contributed by atoms with Gasteiger partial charge in [0.15, 0.2) is 11.5 Å². The number of carbonyl (C=O) groups is 1. The maximum atomic E-state index is 12.7. The van der Waals surface area contributed by atoms with Crippen molar-refractivity contribution in [3.63, 3.8) is 0 Å². The van der Waals surface area contributed by atoms with Crippen LogP contribution in [0.3, 0.4) is 0 Å². The molecule has 1 aliphatic rings. The molecular formula is C22H30N4O3. The van der Waals surface area contributed by atoms with E-state index >= 15 is 0 Å². The van der Waals surface area contributed by atoms with Crippen molar-refractivity contribution in [3.05, 3.63) is 41.3 Å². The average Bonchev–Trinajstić information content (AvgIpc) is 3.00. The van der Waals surface area contributed by atoms with Crippen LogP contribution in [0.5, 0.6) is 11.5 Å². The minimum atomic E-state index is -0.228. The first-order valence-corrected chi connectivity index (χ1v) is 10.2. The van der Waals surface area contributed by atoms with E-state index in [4.69, 9.17) is 9.47 Å². The van der Waals surface area contributed by atoms with Crippen LogP contribution in [0, 0.1) is 6.92 Å². The number of nitrogens with one attached hydrogen (secondary N) is 2. The Kier molecular flexibility index (Phi) is 7.27. The molecule has 3 rings (SSSR count). The summed E-state index contributed by atoms with van der Waals surface area (Å²) >= 11 is 0. The van der Waals surface area contributed by atoms with Crippen LogP contribution in [0.4, 0.5) is 5.82 Å². The van der Waals surface area contributed by atoms with Gasteiger partial charge >= 0.3 is 0 Å². The van der Waals surface area contributed by atoms with Crippen LogP contribution in [0.1, 0.15) is 60.4 Å². The van der Waals surface area contributed by atoms with Crippen molar-refractivity contribution in [2.45, 2.75) is 58.0 Å². The highest BCUT2D eigenvalue weighted by atomic mass is 16.5. The molecule has 0 atom stereocenters. The van der Waals surface area contributed by atoms with Gasteiger partial charge in [-0.1, -0.05) is 31.7 Å². The molecule has 7 nitrogen and oxygen atoms in total. The molecule has 0 bridgehead atoms. The number of nitrogens with zero attached hydrogens (tertiary/aromatic N) is 2. The second kappa shape index (κ2) is 10.1. The Hall–Kier alpha value is -2.83. The monoisotopic (exact) mass is 398 g/mol. The summed E-state index contributed by atoms with van der Waals surface area (Å²) in [6, 6.07) is 7.72. The molecule has 2 N–H and O–H groups in total. The molecule has 7 heteroatoms. The number of methoxy groups -OCH3 is 2. The molecule has 0 aliphatic heterocycles. The molecule has 1 fully saturated rings. The average molecular weight is 399 g/mol. The van der Waals surface area contributed by atoms with Gasteiger partial charge in [-0.05, 0) is 37.5 Å². The number of hydrogen-bond donors (Lipinski definition) is 2. The summed E-state index contributed by atoms with van der Waals surface area (Å²) in [5, 5.41) is 6.42. The SMILES string of the molecule is COc1ccc(CNC(=O)c2cc(NC3CCCCCC3)nc(C)n2)cc1OC. The van der Waals surface area contributed by atoms with E-state index in [-0.39, 0.29) is 5.91 Å². The zero-order valence-electron chi connectivity index (χ0n) is 17.5. The number of benzene rings is 1. The summed E-state index contributed by atoms with van der Waals surface area (Å²) in [6.07, 6.45) is 7.35. The first-order valence-electron chi connectivity index (χ1n) is 10.2. The van der Waals surface area contributed by atoms with Crippen LogP contribution in [0.15, 0.2) is 24.3 Å². The van der Waals surface area contributed by atoms with Crippen LogP contribution < -0.4 is 20.1 Å². The number of carbonyl (C=O) groups excluding carboxylic acids is 1. The van der Waals surface area contributed by atoms with Crippen LogP contribution >= 0.6 is 0 Å². The molecule has 1 aromatic heterocycles. The largest absolute Gasteiger partial charge is 0.493 e. The lowest BCUT2D eigenvalue weighted by Crippen LogP contribution is -2.25. The van der Waals surface area contributed by atoms with Crippen LogP contribution in [0.2, 0.25) is 0 Å². The second-order valence-electron chi connectivity index (χ2n) is 7.39. The molecule has 1 aliphatic carbocycles. The van der Waals surface area contributed by atoms with E-state index in [2.05, 4.69) is 20.6 Å². The maximum Gasteiger partial charge on any atom is 0.270 e. The van der Waals surface area contributed by atoms with Gasteiger partial charge in [0, 0.05) is 18.7 Å². The van der Waals surface area contributed by atoms with E-state index in [1.165, 1.54) is 25.7 Å². The van der Waals surface area contributed by atoms with Crippen molar-refractivity contribution in [1.82, 2.24) is 15.3 Å². The molecule has 156 valence electrons. The summed E-state index contributed by atoms with van der Waals surface area (Å²) in [4.78, 5) is 21.4. The Morgan fingerprint density at radius 3 is 2.45 bits per heavy atom. The molecule has 0 spiro atoms. The number of hydrogen-bond acceptors (Lipinski definition) is 6. The molecule has 0 unspecified atom stereocenters. The number of ether oxygens (including phenoxy) is 2. The van der Waals surface area contributed by atoms with Crippen molar-refractivity contribution in [1.29, 1.82) is 0 Å². The molecular weight excluding hydrogens is 368 g/mol. The predicted molar refractivity (Wildman–Crippen MR) is 113 cm³/mol. The van der Waals surface area contributed by atoms with Gasteiger partial charge in [-0.3, -0.25) is 4.79 Å². The van der Waals surface area contributed by atoms with E-state index < -0.39 is 0 Å². The van der Waals surface area contributed by atoms with E-state index in [9.17, 15) is 4.79 Å². The third-order valence-electron chi connectivity index (χ3n) is 5.18. The van der Waals surface area contributed by atoms with Gasteiger partial charge in [0.2, 0.25) is 0 Å². The lowest BCUT2D eigenvalue weighted by Gasteiger charge is -2.17. The fourth-order valence-electron chi connectivity index (χ4n) is 3.65. The molecule has 1 aromatic carbocycles. The first kappa shape index (κ1) is 20.9. The number of amides is 1. The highest BCUT2D eigenvalue weighted by Crippen LogP contribution is 2.27. The molecule has 0 saturated heterocycles. The van der Waals surface area contributed by atoms with Crippen LogP contribution in [0.25, 0.3) is 0 Å². The van der Waals surface area contributed by atoms with Crippen LogP contribution in [-0.4, -0.2) is 36.1 Å². The quantitative estimate of drug-likeness (QED) is 0.689. The van der Waals surface area contributed by atoms with Crippen molar-refractivity contribution >= 4 is 11.7 Å². The maximum absolute atomic E-state index is 12.7. The third-order valence-corrected chi connectivity index (χ3v) is 5.18. The predicted octanol–water partition coefficient (Wildman–Crippen LogP) is 3.87. The number of aryl methyl sites for hydroxylation is 1. The van der Waals surface area contributed by atoms with Gasteiger partial charge in [0.25, 0.3) is 5.91 Å². The fourth-order valence-corrected chi connectivity index (χ4v) is 3.65. The normalized spacial score (nSPS) is 14.7. The van der Waals surface area contributed by atoms with Gasteiger partial charge in [0.1, 0.15) is 17.3 Å². The Balaban J connectivity index is 1.65. The fraction of sp³-hybridized carbons (Fsp3) is 0.500. The van der Waals surface area contributed by atoms with Gasteiger partial charge < -0.3 is 20.1 Å². The van der Waals surface area contributed by atoms with Crippen LogP contribution in [-0.2, 0) is 6.54 Å². The zero-order valence-corrected chi connectivity index (χ0v) is 17.5. The highest BCUT2D eigenvalue weighted by molar-refractivity contribution is 5.92. The van der Waals surface area contributed by atoms with Crippen molar-refractivity contribution in [3.8, 4) is 11.5 Å². The molecule has 1 amide bonds.